The van der Waals surface area contributed by atoms with E-state index in [2.05, 4.69) is 0 Å². The SMILES string of the molecule is COc1ccc2c(c1OC)C(=O)N1CCc3cc4c(c(OC)c3CC21)OCO4. The summed E-state index contributed by atoms with van der Waals surface area (Å²) < 4.78 is 27.8. The topological polar surface area (TPSA) is 66.5 Å². The van der Waals surface area contributed by atoms with Gasteiger partial charge in [0.2, 0.25) is 12.5 Å². The molecule has 0 N–H and O–H groups in total. The Bertz CT molecular complexity index is 986. The second-order valence-electron chi connectivity index (χ2n) is 7.02. The molecule has 7 heteroatoms. The Kier molecular flexibility index (Phi) is 3.79. The molecule has 0 radical (unpaired) electrons. The number of rotatable bonds is 3. The predicted molar refractivity (Wildman–Crippen MR) is 99.8 cm³/mol. The Balaban J connectivity index is 1.65. The van der Waals surface area contributed by atoms with Gasteiger partial charge in [0.25, 0.3) is 5.91 Å². The lowest BCUT2D eigenvalue weighted by Gasteiger charge is -2.22. The highest BCUT2D eigenvalue weighted by atomic mass is 16.7. The highest BCUT2D eigenvalue weighted by molar-refractivity contribution is 6.02. The van der Waals surface area contributed by atoms with Gasteiger partial charge in [-0.3, -0.25) is 4.79 Å². The molecule has 0 saturated carbocycles. The van der Waals surface area contributed by atoms with Crippen LogP contribution in [0.5, 0.6) is 28.7 Å². The number of carbonyl (C=O) groups excluding carboxylic acids is 1. The van der Waals surface area contributed by atoms with E-state index in [1.807, 2.05) is 23.1 Å². The van der Waals surface area contributed by atoms with E-state index < -0.39 is 0 Å². The number of benzene rings is 2. The molecule has 0 fully saturated rings. The third kappa shape index (κ3) is 2.19. The van der Waals surface area contributed by atoms with E-state index in [0.29, 0.717) is 47.3 Å². The highest BCUT2D eigenvalue weighted by Crippen LogP contribution is 2.50. The van der Waals surface area contributed by atoms with Gasteiger partial charge in [-0.25, -0.2) is 0 Å². The van der Waals surface area contributed by atoms with Crippen LogP contribution in [0.2, 0.25) is 0 Å². The van der Waals surface area contributed by atoms with Crippen molar-refractivity contribution in [2.75, 3.05) is 34.7 Å². The molecule has 2 aromatic carbocycles. The first-order valence-electron chi connectivity index (χ1n) is 9.22. The second-order valence-corrected chi connectivity index (χ2v) is 7.02. The van der Waals surface area contributed by atoms with Crippen LogP contribution in [0, 0.1) is 0 Å². The second kappa shape index (κ2) is 6.22. The van der Waals surface area contributed by atoms with E-state index in [1.165, 1.54) is 0 Å². The molecule has 0 aliphatic carbocycles. The highest BCUT2D eigenvalue weighted by Gasteiger charge is 2.42. The van der Waals surface area contributed by atoms with Gasteiger partial charge in [-0.15, -0.1) is 0 Å². The van der Waals surface area contributed by atoms with Crippen molar-refractivity contribution < 1.29 is 28.5 Å². The van der Waals surface area contributed by atoms with E-state index in [-0.39, 0.29) is 18.7 Å². The molecule has 1 amide bonds. The summed E-state index contributed by atoms with van der Waals surface area (Å²) in [7, 11) is 4.78. The largest absolute Gasteiger partial charge is 0.493 e. The molecule has 3 aliphatic rings. The maximum Gasteiger partial charge on any atom is 0.258 e. The van der Waals surface area contributed by atoms with Crippen LogP contribution in [-0.4, -0.2) is 45.5 Å². The first-order chi connectivity index (χ1) is 13.7. The van der Waals surface area contributed by atoms with Gasteiger partial charge in [0.1, 0.15) is 0 Å². The average molecular weight is 383 g/mol. The molecule has 5 rings (SSSR count). The number of fused-ring (bicyclic) bond motifs is 5. The van der Waals surface area contributed by atoms with Gasteiger partial charge in [-0.05, 0) is 29.7 Å². The molecule has 0 spiro atoms. The minimum absolute atomic E-state index is 0.0254. The van der Waals surface area contributed by atoms with Crippen molar-refractivity contribution in [2.45, 2.75) is 18.9 Å². The van der Waals surface area contributed by atoms with Crippen LogP contribution in [0.4, 0.5) is 0 Å². The lowest BCUT2D eigenvalue weighted by molar-refractivity contribution is 0.0730. The van der Waals surface area contributed by atoms with Crippen molar-refractivity contribution in [3.8, 4) is 28.7 Å². The van der Waals surface area contributed by atoms with Crippen molar-refractivity contribution in [3.05, 3.63) is 40.5 Å². The summed E-state index contributed by atoms with van der Waals surface area (Å²) in [6.45, 7) is 0.807. The maximum absolute atomic E-state index is 13.2. The number of nitrogens with zero attached hydrogens (tertiary/aromatic N) is 1. The Morgan fingerprint density at radius 2 is 1.89 bits per heavy atom. The summed E-state index contributed by atoms with van der Waals surface area (Å²) in [6, 6.07) is 5.75. The van der Waals surface area contributed by atoms with E-state index in [9.17, 15) is 4.79 Å². The molecule has 0 bridgehead atoms. The van der Waals surface area contributed by atoms with E-state index in [0.717, 1.165) is 23.1 Å². The Labute approximate surface area is 162 Å². The molecule has 3 heterocycles. The summed E-state index contributed by atoms with van der Waals surface area (Å²) in [4.78, 5) is 15.2. The molecule has 146 valence electrons. The molecule has 3 aliphatic heterocycles. The molecule has 0 aromatic heterocycles. The molecule has 1 unspecified atom stereocenters. The first kappa shape index (κ1) is 17.0. The number of hydrogen-bond acceptors (Lipinski definition) is 6. The van der Waals surface area contributed by atoms with E-state index in [4.69, 9.17) is 23.7 Å². The molecule has 28 heavy (non-hydrogen) atoms. The molecular formula is C21H21NO6. The van der Waals surface area contributed by atoms with Crippen LogP contribution in [0.1, 0.15) is 33.1 Å². The van der Waals surface area contributed by atoms with Crippen LogP contribution in [0.15, 0.2) is 18.2 Å². The lowest BCUT2D eigenvalue weighted by Crippen LogP contribution is -2.29. The van der Waals surface area contributed by atoms with E-state index in [1.54, 1.807) is 21.3 Å². The quantitative estimate of drug-likeness (QED) is 0.812. The van der Waals surface area contributed by atoms with E-state index >= 15 is 0 Å². The number of amides is 1. The lowest BCUT2D eigenvalue weighted by atomic mass is 9.94. The monoisotopic (exact) mass is 383 g/mol. The van der Waals surface area contributed by atoms with Gasteiger partial charge in [0, 0.05) is 18.5 Å². The van der Waals surface area contributed by atoms with Crippen molar-refractivity contribution in [1.29, 1.82) is 0 Å². The number of hydrogen-bond donors (Lipinski definition) is 0. The molecular weight excluding hydrogens is 362 g/mol. The fourth-order valence-corrected chi connectivity index (χ4v) is 4.57. The Morgan fingerprint density at radius 1 is 1.07 bits per heavy atom. The summed E-state index contributed by atoms with van der Waals surface area (Å²) in [5, 5.41) is 0. The molecule has 1 atom stereocenters. The van der Waals surface area contributed by atoms with Crippen molar-refractivity contribution >= 4 is 5.91 Å². The average Bonchev–Trinajstić information content (AvgIpc) is 3.22. The van der Waals surface area contributed by atoms with Crippen molar-refractivity contribution in [3.63, 3.8) is 0 Å². The number of carbonyl (C=O) groups is 1. The Morgan fingerprint density at radius 3 is 2.64 bits per heavy atom. The summed E-state index contributed by atoms with van der Waals surface area (Å²) in [5.74, 6) is 3.09. The molecule has 0 saturated heterocycles. The summed E-state index contributed by atoms with van der Waals surface area (Å²) >= 11 is 0. The zero-order chi connectivity index (χ0) is 19.4. The van der Waals surface area contributed by atoms with Gasteiger partial charge < -0.3 is 28.6 Å². The van der Waals surface area contributed by atoms with Gasteiger partial charge in [0.15, 0.2) is 23.0 Å². The normalized spacial score (nSPS) is 18.9. The zero-order valence-corrected chi connectivity index (χ0v) is 16.0. The van der Waals surface area contributed by atoms with Crippen LogP contribution in [0.3, 0.4) is 0 Å². The minimum Gasteiger partial charge on any atom is -0.493 e. The molecule has 2 aromatic rings. The predicted octanol–water partition coefficient (Wildman–Crippen LogP) is 2.74. The van der Waals surface area contributed by atoms with Gasteiger partial charge in [0.05, 0.1) is 32.9 Å². The summed E-state index contributed by atoms with van der Waals surface area (Å²) in [5.41, 5.74) is 3.74. The minimum atomic E-state index is -0.0853. The van der Waals surface area contributed by atoms with Crippen LogP contribution in [0.25, 0.3) is 0 Å². The maximum atomic E-state index is 13.2. The fourth-order valence-electron chi connectivity index (χ4n) is 4.57. The van der Waals surface area contributed by atoms with Crippen LogP contribution >= 0.6 is 0 Å². The van der Waals surface area contributed by atoms with Crippen molar-refractivity contribution in [1.82, 2.24) is 4.90 Å². The first-order valence-corrected chi connectivity index (χ1v) is 9.22. The number of ether oxygens (including phenoxy) is 5. The van der Waals surface area contributed by atoms with Gasteiger partial charge >= 0.3 is 0 Å². The number of methoxy groups -OCH3 is 3. The van der Waals surface area contributed by atoms with Crippen LogP contribution in [-0.2, 0) is 12.8 Å². The Hall–Kier alpha value is -3.09. The van der Waals surface area contributed by atoms with Gasteiger partial charge in [-0.2, -0.15) is 0 Å². The third-order valence-electron chi connectivity index (χ3n) is 5.83. The summed E-state index contributed by atoms with van der Waals surface area (Å²) in [6.07, 6.45) is 1.36. The smallest absolute Gasteiger partial charge is 0.258 e. The fraction of sp³-hybridized carbons (Fsp3) is 0.381. The molecule has 7 nitrogen and oxygen atoms in total. The van der Waals surface area contributed by atoms with Crippen molar-refractivity contribution in [2.24, 2.45) is 0 Å². The van der Waals surface area contributed by atoms with Crippen LogP contribution < -0.4 is 23.7 Å². The third-order valence-corrected chi connectivity index (χ3v) is 5.83. The standard InChI is InChI=1S/C21H21NO6/c1-24-15-5-4-12-14-9-13-11(8-16-20(18(13)25-2)28-10-27-16)6-7-22(14)21(23)17(12)19(15)26-3/h4-5,8,14H,6-7,9-10H2,1-3H3. The zero-order valence-electron chi connectivity index (χ0n) is 16.0. The van der Waals surface area contributed by atoms with Gasteiger partial charge in [-0.1, -0.05) is 6.07 Å².